The fourth-order valence-corrected chi connectivity index (χ4v) is 9.89. The summed E-state index contributed by atoms with van der Waals surface area (Å²) in [5.74, 6) is -7.29. The van der Waals surface area contributed by atoms with Gasteiger partial charge in [0.25, 0.3) is 5.91 Å². The van der Waals surface area contributed by atoms with E-state index in [4.69, 9.17) is 37.9 Å². The number of rotatable bonds is 19. The molecule has 7 atom stereocenters. The Balaban J connectivity index is 1.82. The van der Waals surface area contributed by atoms with Crippen LogP contribution in [-0.4, -0.2) is 235 Å². The molecular weight excluding hydrogens is 1240 g/mol. The third kappa shape index (κ3) is 31.0. The topological polar surface area (TPSA) is 368 Å². The third-order valence-corrected chi connectivity index (χ3v) is 16.4. The molecule has 1 aliphatic heterocycles. The predicted molar refractivity (Wildman–Crippen MR) is 349 cm³/mol. The second kappa shape index (κ2) is 43.9. The van der Waals surface area contributed by atoms with Crippen LogP contribution in [0, 0.1) is 17.8 Å². The minimum Gasteiger partial charge on any atom is -0.481 e. The van der Waals surface area contributed by atoms with E-state index in [0.29, 0.717) is 58.0 Å². The van der Waals surface area contributed by atoms with Crippen LogP contribution in [0.25, 0.3) is 0 Å². The number of aliphatic carboxylic acids is 1. The van der Waals surface area contributed by atoms with Crippen LogP contribution in [0.1, 0.15) is 122 Å². The number of carbonyl (C=O) groups is 10. The number of nitrogens with one attached hydrogen (secondary N) is 7. The molecule has 0 fully saturated rings. The van der Waals surface area contributed by atoms with Crippen molar-refractivity contribution in [3.8, 4) is 5.75 Å². The highest BCUT2D eigenvalue weighted by molar-refractivity contribution is 7.09. The van der Waals surface area contributed by atoms with Gasteiger partial charge in [0.1, 0.15) is 16.7 Å². The van der Waals surface area contributed by atoms with E-state index in [1.807, 2.05) is 27.7 Å². The van der Waals surface area contributed by atoms with Gasteiger partial charge in [-0.2, -0.15) is 0 Å². The van der Waals surface area contributed by atoms with Crippen LogP contribution < -0.4 is 42.0 Å². The highest BCUT2D eigenvalue weighted by Gasteiger charge is 2.39. The van der Waals surface area contributed by atoms with Gasteiger partial charge in [0.15, 0.2) is 11.9 Å². The maximum Gasteiger partial charge on any atom is 0.313 e. The zero-order valence-electron chi connectivity index (χ0n) is 56.7. The summed E-state index contributed by atoms with van der Waals surface area (Å²) >= 11 is 1.06. The van der Waals surface area contributed by atoms with Crippen molar-refractivity contribution in [2.75, 3.05) is 132 Å². The molecule has 2 unspecified atom stereocenters. The Kier molecular flexibility index (Phi) is 37.9. The monoisotopic (exact) mass is 1350 g/mol. The third-order valence-electron chi connectivity index (χ3n) is 15.4. The predicted octanol–water partition coefficient (Wildman–Crippen LogP) is 2.56. The smallest absolute Gasteiger partial charge is 0.313 e. The highest BCUT2D eigenvalue weighted by atomic mass is 32.1. The minimum absolute atomic E-state index is 0.00321. The Morgan fingerprint density at radius 2 is 1.35 bits per heavy atom. The molecule has 0 spiro atoms. The van der Waals surface area contributed by atoms with E-state index in [0.717, 1.165) is 23.5 Å². The van der Waals surface area contributed by atoms with Crippen molar-refractivity contribution in [1.29, 1.82) is 0 Å². The molecule has 0 radical (unpaired) electrons. The lowest BCUT2D eigenvalue weighted by molar-refractivity contribution is -0.149. The van der Waals surface area contributed by atoms with Crippen molar-refractivity contribution in [2.45, 2.75) is 137 Å². The first-order chi connectivity index (χ1) is 44.6. The van der Waals surface area contributed by atoms with Crippen molar-refractivity contribution in [2.24, 2.45) is 17.8 Å². The molecule has 29 nitrogen and oxygen atoms in total. The van der Waals surface area contributed by atoms with Gasteiger partial charge in [0.05, 0.1) is 109 Å². The van der Waals surface area contributed by atoms with Gasteiger partial charge in [-0.05, 0) is 90.2 Å². The van der Waals surface area contributed by atoms with E-state index in [1.165, 1.54) is 31.4 Å². The van der Waals surface area contributed by atoms with Gasteiger partial charge in [-0.1, -0.05) is 47.1 Å². The molecule has 30 heteroatoms. The number of anilines is 1. The van der Waals surface area contributed by atoms with Crippen molar-refractivity contribution >= 4 is 76.3 Å². The largest absolute Gasteiger partial charge is 0.481 e. The number of fused-ring (bicyclic) bond motifs is 1. The standard InChI is InChI=1S/C64H102N10O19S/c1-13-42(4)57(72-63(85)64(8,9)73(10)11)61(82)74(12)50(41(2)3)38-52(92-45(7)75)60-71-49(40-94-60)59(81)69-47(35-43(5)62(83)84)36-46-15-16-51-48(37-46)70-55(78)39-68-58(80)44(6)65-20-14-23-86-27-31-90-33-29-88-25-21-66-53(76)17-18-54(77)67-22-26-89-30-34-91-32-28-87-24-19-56(79)93-51/h15-18,37,40-44,47,50,52,57,65H,13-14,19-36,38-39H2,1-12H3,(H,66,76)(H,67,77)(H,68,80)(H,69,81)(H,70,78)(H,72,85)(H,83,84)/b18-17-/t42-,43?,44?,47+,50+,52+,57-/m0/s1. The molecule has 2 aromatic rings. The number of amides is 7. The molecule has 1 aromatic heterocycles. The number of thiazole rings is 1. The number of benzene rings is 1. The molecule has 94 heavy (non-hydrogen) atoms. The number of esters is 2. The van der Waals surface area contributed by atoms with E-state index >= 15 is 0 Å². The Morgan fingerprint density at radius 3 is 1.90 bits per heavy atom. The lowest BCUT2D eigenvalue weighted by atomic mass is 9.92. The molecule has 1 aromatic carbocycles. The summed E-state index contributed by atoms with van der Waals surface area (Å²) in [5.41, 5.74) is -0.476. The first kappa shape index (κ1) is 81.2. The van der Waals surface area contributed by atoms with E-state index in [9.17, 15) is 53.1 Å². The van der Waals surface area contributed by atoms with Crippen LogP contribution in [0.3, 0.4) is 0 Å². The Labute approximate surface area is 555 Å². The summed E-state index contributed by atoms with van der Waals surface area (Å²) in [5, 5.41) is 31.3. The normalized spacial score (nSPS) is 19.5. The second-order valence-corrected chi connectivity index (χ2v) is 24.6. The number of carbonyl (C=O) groups excluding carboxylic acids is 9. The SMILES string of the molecule is CC[C@H](C)[C@H](NC(=O)C(C)(C)N(C)C)C(=O)N(C)[C@H](C[C@@H](OC(C)=O)c1nc(C(=O)N[C@@H](Cc2ccc3c(c2)NC(=O)CNC(=O)C(C)NCCCOCCOCCOCCNC(=O)/C=C\C(=O)NCCOCCOCCOCCC(=O)O3)CC(C)C(=O)O)cs1)C(C)C. The Hall–Kier alpha value is -7.03. The zero-order valence-corrected chi connectivity index (χ0v) is 57.5. The first-order valence-corrected chi connectivity index (χ1v) is 32.8. The van der Waals surface area contributed by atoms with Crippen LogP contribution >= 0.6 is 11.3 Å². The molecule has 0 aliphatic carbocycles. The van der Waals surface area contributed by atoms with E-state index in [-0.39, 0.29) is 131 Å². The molecule has 3 rings (SSSR count). The number of hydrogen-bond donors (Lipinski definition) is 8. The molecule has 2 heterocycles. The summed E-state index contributed by atoms with van der Waals surface area (Å²) in [6, 6.07) is 1.57. The highest BCUT2D eigenvalue weighted by Crippen LogP contribution is 2.32. The molecule has 528 valence electrons. The minimum atomic E-state index is -1.13. The van der Waals surface area contributed by atoms with Crippen LogP contribution in [-0.2, 0) is 82.7 Å². The maximum atomic E-state index is 14.4. The van der Waals surface area contributed by atoms with Crippen LogP contribution in [0.5, 0.6) is 5.75 Å². The lowest BCUT2D eigenvalue weighted by Gasteiger charge is -2.38. The average molecular weight is 1350 g/mol. The van der Waals surface area contributed by atoms with Crippen molar-refractivity contribution in [3.05, 3.63) is 52.0 Å². The fourth-order valence-electron chi connectivity index (χ4n) is 9.05. The summed E-state index contributed by atoms with van der Waals surface area (Å²) < 4.78 is 44.7. The van der Waals surface area contributed by atoms with E-state index < -0.39 is 95.7 Å². The molecule has 1 aliphatic rings. The number of nitrogens with zero attached hydrogens (tertiary/aromatic N) is 3. The molecule has 7 amide bonds. The zero-order chi connectivity index (χ0) is 69.8. The first-order valence-electron chi connectivity index (χ1n) is 31.9. The van der Waals surface area contributed by atoms with Gasteiger partial charge in [-0.15, -0.1) is 11.3 Å². The van der Waals surface area contributed by atoms with Gasteiger partial charge in [-0.3, -0.25) is 52.8 Å². The number of likely N-dealkylation sites (N-methyl/N-ethyl adjacent to an activating group) is 2. The van der Waals surface area contributed by atoms with Crippen LogP contribution in [0.2, 0.25) is 0 Å². The van der Waals surface area contributed by atoms with Gasteiger partial charge in [-0.25, -0.2) is 4.98 Å². The summed E-state index contributed by atoms with van der Waals surface area (Å²) in [4.78, 5) is 139. The average Bonchev–Trinajstić information content (AvgIpc) is 1.24. The second-order valence-electron chi connectivity index (χ2n) is 23.7. The lowest BCUT2D eigenvalue weighted by Crippen LogP contribution is -2.60. The van der Waals surface area contributed by atoms with E-state index in [1.54, 1.807) is 57.8 Å². The molecule has 8 N–H and O–H groups in total. The number of aromatic nitrogens is 1. The number of carboxylic acid groups (broad SMARTS) is 1. The van der Waals surface area contributed by atoms with Crippen LogP contribution in [0.15, 0.2) is 35.7 Å². The van der Waals surface area contributed by atoms with Crippen LogP contribution in [0.4, 0.5) is 5.69 Å². The van der Waals surface area contributed by atoms with Gasteiger partial charge >= 0.3 is 17.9 Å². The number of ether oxygens (including phenoxy) is 8. The van der Waals surface area contributed by atoms with Gasteiger partial charge < -0.3 is 85.1 Å². The van der Waals surface area contributed by atoms with Gasteiger partial charge in [0, 0.05) is 69.7 Å². The molecular formula is C64H102N10O19S. The van der Waals surface area contributed by atoms with Crippen molar-refractivity contribution < 1.29 is 90.9 Å². The Morgan fingerprint density at radius 1 is 0.777 bits per heavy atom. The fraction of sp³-hybridized carbons (Fsp3) is 0.672. The Bertz CT molecular complexity index is 2760. The van der Waals surface area contributed by atoms with Gasteiger partial charge in [0.2, 0.25) is 35.4 Å². The van der Waals surface area contributed by atoms with Crippen molar-refractivity contribution in [3.63, 3.8) is 0 Å². The quantitative estimate of drug-likeness (QED) is 0.0740. The molecule has 0 saturated heterocycles. The number of hydrogen-bond acceptors (Lipinski definition) is 22. The molecule has 0 bridgehead atoms. The van der Waals surface area contributed by atoms with Crippen molar-refractivity contribution in [1.82, 2.24) is 46.7 Å². The summed E-state index contributed by atoms with van der Waals surface area (Å²) in [6.45, 7) is 18.7. The number of carboxylic acids is 1. The molecule has 0 saturated carbocycles. The summed E-state index contributed by atoms with van der Waals surface area (Å²) in [7, 11) is 5.21. The maximum absolute atomic E-state index is 14.4. The van der Waals surface area contributed by atoms with E-state index in [2.05, 4.69) is 42.2 Å². The summed E-state index contributed by atoms with van der Waals surface area (Å²) in [6.07, 6.45) is 2.22.